The van der Waals surface area contributed by atoms with E-state index in [0.29, 0.717) is 6.61 Å². The Labute approximate surface area is 152 Å². The first kappa shape index (κ1) is 15.9. The van der Waals surface area contributed by atoms with Gasteiger partial charge in [-0.15, -0.1) is 11.3 Å². The molecule has 0 spiro atoms. The van der Waals surface area contributed by atoms with E-state index >= 15 is 0 Å². The fraction of sp³-hybridized carbons (Fsp3) is 0.136. The van der Waals surface area contributed by atoms with Crippen LogP contribution < -0.4 is 4.74 Å². The summed E-state index contributed by atoms with van der Waals surface area (Å²) in [5, 5.41) is 2.07. The van der Waals surface area contributed by atoms with Gasteiger partial charge in [-0.25, -0.2) is 0 Å². The Morgan fingerprint density at radius 2 is 1.96 bits per heavy atom. The molecule has 0 bridgehead atoms. The Morgan fingerprint density at radius 1 is 1.08 bits per heavy atom. The zero-order valence-electron chi connectivity index (χ0n) is 13.9. The first-order valence-corrected chi connectivity index (χ1v) is 9.27. The molecule has 0 unspecified atom stereocenters. The van der Waals surface area contributed by atoms with E-state index in [1.807, 2.05) is 24.3 Å². The Bertz CT molecular complexity index is 910. The minimum atomic E-state index is 0.586. The van der Waals surface area contributed by atoms with E-state index < -0.39 is 0 Å². The average molecular weight is 345 g/mol. The van der Waals surface area contributed by atoms with Crippen LogP contribution in [0.25, 0.3) is 5.57 Å². The van der Waals surface area contributed by atoms with Crippen molar-refractivity contribution in [3.05, 3.63) is 94.2 Å². The SMILES string of the molecule is C=C(C1=NCCc2cc(OCc3ccccc3)ccc21)c1cccs1. The normalized spacial score (nSPS) is 13.0. The number of nitrogens with zero attached hydrogens (tertiary/aromatic N) is 1. The van der Waals surface area contributed by atoms with Crippen molar-refractivity contribution in [3.8, 4) is 5.75 Å². The summed E-state index contributed by atoms with van der Waals surface area (Å²) >= 11 is 1.70. The third kappa shape index (κ3) is 3.42. The highest BCUT2D eigenvalue weighted by Crippen LogP contribution is 2.29. The quantitative estimate of drug-likeness (QED) is 0.608. The second-order valence-electron chi connectivity index (χ2n) is 6.03. The van der Waals surface area contributed by atoms with Crippen molar-refractivity contribution in [2.24, 2.45) is 4.99 Å². The highest BCUT2D eigenvalue weighted by molar-refractivity contribution is 7.11. The summed E-state index contributed by atoms with van der Waals surface area (Å²) in [5.74, 6) is 0.908. The van der Waals surface area contributed by atoms with Gasteiger partial charge in [0.05, 0.1) is 5.71 Å². The molecule has 0 atom stereocenters. The second-order valence-corrected chi connectivity index (χ2v) is 6.98. The Morgan fingerprint density at radius 3 is 2.76 bits per heavy atom. The van der Waals surface area contributed by atoms with Crippen molar-refractivity contribution in [1.82, 2.24) is 0 Å². The number of benzene rings is 2. The number of thiophene rings is 1. The summed E-state index contributed by atoms with van der Waals surface area (Å²) in [5.41, 5.74) is 5.66. The van der Waals surface area contributed by atoms with Crippen molar-refractivity contribution >= 4 is 22.6 Å². The third-order valence-electron chi connectivity index (χ3n) is 4.34. The molecule has 2 nitrogen and oxygen atoms in total. The summed E-state index contributed by atoms with van der Waals surface area (Å²) in [7, 11) is 0. The lowest BCUT2D eigenvalue weighted by Gasteiger charge is -2.19. The van der Waals surface area contributed by atoms with E-state index in [1.54, 1.807) is 11.3 Å². The number of hydrogen-bond acceptors (Lipinski definition) is 3. The van der Waals surface area contributed by atoms with Gasteiger partial charge in [-0.1, -0.05) is 43.0 Å². The smallest absolute Gasteiger partial charge is 0.120 e. The van der Waals surface area contributed by atoms with Crippen LogP contribution in [-0.2, 0) is 13.0 Å². The van der Waals surface area contributed by atoms with Crippen LogP contribution in [0.3, 0.4) is 0 Å². The van der Waals surface area contributed by atoms with Crippen LogP contribution in [0.4, 0.5) is 0 Å². The van der Waals surface area contributed by atoms with Crippen LogP contribution in [0.15, 0.2) is 77.6 Å². The fourth-order valence-electron chi connectivity index (χ4n) is 3.04. The van der Waals surface area contributed by atoms with Crippen molar-refractivity contribution in [2.45, 2.75) is 13.0 Å². The number of hydrogen-bond donors (Lipinski definition) is 0. The summed E-state index contributed by atoms with van der Waals surface area (Å²) in [6, 6.07) is 20.7. The van der Waals surface area contributed by atoms with Gasteiger partial charge in [0.15, 0.2) is 0 Å². The molecule has 2 heterocycles. The van der Waals surface area contributed by atoms with E-state index in [4.69, 9.17) is 9.73 Å². The van der Waals surface area contributed by atoms with Crippen LogP contribution >= 0.6 is 11.3 Å². The molecule has 0 amide bonds. The zero-order valence-corrected chi connectivity index (χ0v) is 14.8. The highest BCUT2D eigenvalue weighted by atomic mass is 32.1. The lowest BCUT2D eigenvalue weighted by atomic mass is 9.93. The fourth-order valence-corrected chi connectivity index (χ4v) is 3.74. The third-order valence-corrected chi connectivity index (χ3v) is 5.27. The van der Waals surface area contributed by atoms with E-state index in [2.05, 4.69) is 48.4 Å². The van der Waals surface area contributed by atoms with Crippen molar-refractivity contribution in [1.29, 1.82) is 0 Å². The molecule has 0 saturated carbocycles. The van der Waals surface area contributed by atoms with Gasteiger partial charge >= 0.3 is 0 Å². The minimum absolute atomic E-state index is 0.586. The van der Waals surface area contributed by atoms with Crippen molar-refractivity contribution in [2.75, 3.05) is 6.54 Å². The van der Waals surface area contributed by atoms with E-state index in [0.717, 1.165) is 30.0 Å². The van der Waals surface area contributed by atoms with Gasteiger partial charge in [0, 0.05) is 22.6 Å². The summed E-state index contributed by atoms with van der Waals surface area (Å²) in [6.07, 6.45) is 0.944. The number of rotatable bonds is 5. The summed E-state index contributed by atoms with van der Waals surface area (Å²) in [6.45, 7) is 5.65. The number of aliphatic imine (C=N–C) groups is 1. The second kappa shape index (κ2) is 7.08. The molecule has 3 heteroatoms. The standard InChI is InChI=1S/C22H19NOS/c1-16(21-8-5-13-25-21)22-20-10-9-19(14-18(20)11-12-23-22)24-15-17-6-3-2-4-7-17/h2-10,13-14H,1,11-12,15H2. The van der Waals surface area contributed by atoms with Crippen LogP contribution in [0.2, 0.25) is 0 Å². The monoisotopic (exact) mass is 345 g/mol. The Balaban J connectivity index is 1.55. The Kier molecular flexibility index (Phi) is 4.49. The minimum Gasteiger partial charge on any atom is -0.489 e. The van der Waals surface area contributed by atoms with Gasteiger partial charge < -0.3 is 4.74 Å². The first-order valence-electron chi connectivity index (χ1n) is 8.39. The molecule has 3 aromatic rings. The van der Waals surface area contributed by atoms with Gasteiger partial charge in [-0.2, -0.15) is 0 Å². The van der Waals surface area contributed by atoms with Gasteiger partial charge in [-0.3, -0.25) is 4.99 Å². The van der Waals surface area contributed by atoms with Crippen LogP contribution in [0.1, 0.15) is 21.6 Å². The molecule has 0 fully saturated rings. The lowest BCUT2D eigenvalue weighted by molar-refractivity contribution is 0.306. The average Bonchev–Trinajstić information content (AvgIpc) is 3.21. The summed E-state index contributed by atoms with van der Waals surface area (Å²) in [4.78, 5) is 5.91. The van der Waals surface area contributed by atoms with E-state index in [1.165, 1.54) is 21.6 Å². The molecule has 1 aliphatic rings. The molecule has 0 aliphatic carbocycles. The Hall–Kier alpha value is -2.65. The van der Waals surface area contributed by atoms with Gasteiger partial charge in [0.25, 0.3) is 0 Å². The maximum atomic E-state index is 5.97. The maximum Gasteiger partial charge on any atom is 0.120 e. The largest absolute Gasteiger partial charge is 0.489 e. The topological polar surface area (TPSA) is 21.6 Å². The van der Waals surface area contributed by atoms with Crippen LogP contribution in [0, 0.1) is 0 Å². The van der Waals surface area contributed by atoms with E-state index in [9.17, 15) is 0 Å². The first-order chi connectivity index (χ1) is 12.3. The molecule has 0 N–H and O–H groups in total. The molecule has 0 saturated heterocycles. The zero-order chi connectivity index (χ0) is 17.1. The van der Waals surface area contributed by atoms with Gasteiger partial charge in [-0.05, 0) is 47.2 Å². The van der Waals surface area contributed by atoms with Crippen molar-refractivity contribution in [3.63, 3.8) is 0 Å². The number of fused-ring (bicyclic) bond motifs is 1. The molecular formula is C22H19NOS. The lowest BCUT2D eigenvalue weighted by Crippen LogP contribution is -2.14. The van der Waals surface area contributed by atoms with Crippen LogP contribution in [0.5, 0.6) is 5.75 Å². The maximum absolute atomic E-state index is 5.97. The van der Waals surface area contributed by atoms with Crippen molar-refractivity contribution < 1.29 is 4.74 Å². The van der Waals surface area contributed by atoms with Gasteiger partial charge in [0.1, 0.15) is 12.4 Å². The van der Waals surface area contributed by atoms with Crippen LogP contribution in [-0.4, -0.2) is 12.3 Å². The molecule has 2 aromatic carbocycles. The molecule has 124 valence electrons. The molecular weight excluding hydrogens is 326 g/mol. The van der Waals surface area contributed by atoms with E-state index in [-0.39, 0.29) is 0 Å². The summed E-state index contributed by atoms with van der Waals surface area (Å²) < 4.78 is 5.97. The molecule has 1 aromatic heterocycles. The molecule has 0 radical (unpaired) electrons. The molecule has 25 heavy (non-hydrogen) atoms. The molecule has 1 aliphatic heterocycles. The highest BCUT2D eigenvalue weighted by Gasteiger charge is 2.18. The van der Waals surface area contributed by atoms with Gasteiger partial charge in [0.2, 0.25) is 0 Å². The molecule has 4 rings (SSSR count). The number of allylic oxidation sites excluding steroid dienone is 1. The number of ether oxygens (including phenoxy) is 1. The predicted molar refractivity (Wildman–Crippen MR) is 106 cm³/mol. The predicted octanol–water partition coefficient (Wildman–Crippen LogP) is 5.39.